The van der Waals surface area contributed by atoms with E-state index in [9.17, 15) is 0 Å². The lowest BCUT2D eigenvalue weighted by Crippen LogP contribution is -3.00. The number of para-hydroxylation sites is 1. The molecule has 1 aromatic carbocycles. The summed E-state index contributed by atoms with van der Waals surface area (Å²) in [6, 6.07) is 8.71. The molecular weight excluding hydrogens is 234 g/mol. The van der Waals surface area contributed by atoms with Crippen molar-refractivity contribution in [3.63, 3.8) is 0 Å². The Hall–Kier alpha value is -0.730. The number of phenolic OH excluding ortho intramolecular Hbond substituents is 1. The summed E-state index contributed by atoms with van der Waals surface area (Å²) in [4.78, 5) is 0. The molecule has 0 aliphatic heterocycles. The lowest BCUT2D eigenvalue weighted by Gasteiger charge is -2.34. The van der Waals surface area contributed by atoms with Gasteiger partial charge in [-0.2, -0.15) is 0 Å². The number of hydrogen-bond donors (Lipinski definition) is 1. The third-order valence-electron chi connectivity index (χ3n) is 3.44. The molecule has 0 radical (unpaired) electrons. The van der Waals surface area contributed by atoms with Crippen LogP contribution in [0, 0.1) is 0 Å². The zero-order valence-corrected chi connectivity index (χ0v) is 12.2. The van der Waals surface area contributed by atoms with Gasteiger partial charge in [-0.3, -0.25) is 0 Å². The lowest BCUT2D eigenvalue weighted by molar-refractivity contribution is -0.921. The summed E-state index contributed by atoms with van der Waals surface area (Å²) in [6.07, 6.45) is 0. The van der Waals surface area contributed by atoms with E-state index in [1.807, 2.05) is 6.07 Å². The van der Waals surface area contributed by atoms with Crippen LogP contribution in [-0.2, 0) is 0 Å². The van der Waals surface area contributed by atoms with Crippen molar-refractivity contribution in [2.75, 3.05) is 26.2 Å². The molecule has 0 fully saturated rings. The highest BCUT2D eigenvalue weighted by atomic mass is 35.5. The van der Waals surface area contributed by atoms with Gasteiger partial charge in [-0.25, -0.2) is 0 Å². The Bertz CT molecular complexity index is 243. The molecule has 0 heterocycles. The van der Waals surface area contributed by atoms with Gasteiger partial charge in [-0.15, -0.1) is 0 Å². The Morgan fingerprint density at radius 3 is 1.29 bits per heavy atom. The first-order chi connectivity index (χ1) is 7.64. The molecule has 0 saturated carbocycles. The van der Waals surface area contributed by atoms with E-state index in [1.54, 1.807) is 24.3 Å². The van der Waals surface area contributed by atoms with E-state index in [2.05, 4.69) is 27.7 Å². The smallest absolute Gasteiger partial charge is 0.115 e. The predicted octanol–water partition coefficient (Wildman–Crippen LogP) is 0.279. The van der Waals surface area contributed by atoms with Gasteiger partial charge in [0.15, 0.2) is 0 Å². The van der Waals surface area contributed by atoms with E-state index < -0.39 is 0 Å². The minimum absolute atomic E-state index is 0. The van der Waals surface area contributed by atoms with Crippen LogP contribution in [0.25, 0.3) is 0 Å². The van der Waals surface area contributed by atoms with Crippen LogP contribution in [0.15, 0.2) is 30.3 Å². The minimum atomic E-state index is 0. The maximum absolute atomic E-state index is 8.63. The van der Waals surface area contributed by atoms with Crippen LogP contribution in [0.2, 0.25) is 0 Å². The molecule has 0 spiro atoms. The number of halogens is 1. The highest BCUT2D eigenvalue weighted by Crippen LogP contribution is 2.03. The van der Waals surface area contributed by atoms with Crippen molar-refractivity contribution in [3.05, 3.63) is 30.3 Å². The van der Waals surface area contributed by atoms with Gasteiger partial charge < -0.3 is 22.0 Å². The van der Waals surface area contributed by atoms with Gasteiger partial charge in [0.1, 0.15) is 5.75 Å². The average molecular weight is 260 g/mol. The third kappa shape index (κ3) is 7.24. The van der Waals surface area contributed by atoms with E-state index in [-0.39, 0.29) is 12.4 Å². The van der Waals surface area contributed by atoms with Crippen molar-refractivity contribution >= 4 is 0 Å². The molecular formula is C14H26ClNO. The first-order valence-electron chi connectivity index (χ1n) is 6.23. The third-order valence-corrected chi connectivity index (χ3v) is 3.44. The summed E-state index contributed by atoms with van der Waals surface area (Å²) in [6.45, 7) is 14.2. The first-order valence-corrected chi connectivity index (χ1v) is 6.23. The quantitative estimate of drug-likeness (QED) is 0.771. The summed E-state index contributed by atoms with van der Waals surface area (Å²) in [5.74, 6) is 0.322. The fourth-order valence-corrected chi connectivity index (χ4v) is 1.77. The molecule has 1 rings (SSSR count). The molecule has 0 bridgehead atoms. The van der Waals surface area contributed by atoms with Gasteiger partial charge in [0, 0.05) is 0 Å². The lowest BCUT2D eigenvalue weighted by atomic mass is 10.3. The fourth-order valence-electron chi connectivity index (χ4n) is 1.77. The van der Waals surface area contributed by atoms with Gasteiger partial charge in [-0.05, 0) is 39.8 Å². The van der Waals surface area contributed by atoms with Crippen molar-refractivity contribution in [2.24, 2.45) is 0 Å². The number of aromatic hydroxyl groups is 1. The van der Waals surface area contributed by atoms with Crippen LogP contribution in [0.5, 0.6) is 5.75 Å². The van der Waals surface area contributed by atoms with Crippen LogP contribution < -0.4 is 12.4 Å². The maximum atomic E-state index is 8.63. The molecule has 0 atom stereocenters. The number of phenols is 1. The topological polar surface area (TPSA) is 20.2 Å². The molecule has 1 aromatic rings. The van der Waals surface area contributed by atoms with Crippen molar-refractivity contribution in [1.82, 2.24) is 0 Å². The number of quaternary nitrogens is 1. The Balaban J connectivity index is 0. The van der Waals surface area contributed by atoms with E-state index in [4.69, 9.17) is 5.11 Å². The first kappa shape index (κ1) is 18.6. The molecule has 3 heteroatoms. The molecule has 2 nitrogen and oxygen atoms in total. The van der Waals surface area contributed by atoms with E-state index in [0.29, 0.717) is 5.75 Å². The highest BCUT2D eigenvalue weighted by Gasteiger charge is 2.16. The van der Waals surface area contributed by atoms with Gasteiger partial charge in [0.05, 0.1) is 26.2 Å². The van der Waals surface area contributed by atoms with Crippen molar-refractivity contribution in [1.29, 1.82) is 0 Å². The number of benzene rings is 1. The summed E-state index contributed by atoms with van der Waals surface area (Å²) >= 11 is 0. The molecule has 0 aromatic heterocycles. The monoisotopic (exact) mass is 259 g/mol. The number of hydrogen-bond acceptors (Lipinski definition) is 1. The van der Waals surface area contributed by atoms with Crippen LogP contribution in [0.1, 0.15) is 27.7 Å². The molecule has 0 aliphatic rings. The van der Waals surface area contributed by atoms with Crippen molar-refractivity contribution in [3.8, 4) is 5.75 Å². The maximum Gasteiger partial charge on any atom is 0.115 e. The van der Waals surface area contributed by atoms with Crippen molar-refractivity contribution in [2.45, 2.75) is 27.7 Å². The van der Waals surface area contributed by atoms with E-state index in [1.165, 1.54) is 30.7 Å². The van der Waals surface area contributed by atoms with Crippen molar-refractivity contribution < 1.29 is 22.0 Å². The molecule has 0 aliphatic carbocycles. The summed E-state index contributed by atoms with van der Waals surface area (Å²) in [7, 11) is 0. The molecule has 0 saturated heterocycles. The minimum Gasteiger partial charge on any atom is -1.00 e. The molecule has 17 heavy (non-hydrogen) atoms. The second-order valence-corrected chi connectivity index (χ2v) is 3.94. The number of nitrogens with zero attached hydrogens (tertiary/aromatic N) is 1. The Morgan fingerprint density at radius 2 is 1.18 bits per heavy atom. The van der Waals surface area contributed by atoms with E-state index >= 15 is 0 Å². The second kappa shape index (κ2) is 10.4. The zero-order chi connectivity index (χ0) is 12.4. The normalized spacial score (nSPS) is 9.88. The van der Waals surface area contributed by atoms with Crippen LogP contribution in [-0.4, -0.2) is 35.8 Å². The summed E-state index contributed by atoms with van der Waals surface area (Å²) < 4.78 is 1.28. The zero-order valence-electron chi connectivity index (χ0n) is 11.5. The Kier molecular flexibility index (Phi) is 11.4. The van der Waals surface area contributed by atoms with Gasteiger partial charge in [0.2, 0.25) is 0 Å². The van der Waals surface area contributed by atoms with Crippen LogP contribution in [0.3, 0.4) is 0 Å². The summed E-state index contributed by atoms with van der Waals surface area (Å²) in [5.41, 5.74) is 0. The van der Waals surface area contributed by atoms with Crippen LogP contribution >= 0.6 is 0 Å². The average Bonchev–Trinajstić information content (AvgIpc) is 2.35. The fraction of sp³-hybridized carbons (Fsp3) is 0.571. The SMILES string of the molecule is CC[N+](CC)(CC)CC.Oc1ccccc1.[Cl-]. The standard InChI is InChI=1S/C8H20N.C6H6O.ClH/c1-5-9(6-2,7-3)8-4;7-6-4-2-1-3-5-6;/h5-8H2,1-4H3;1-5,7H;1H/q+1;;/p-1. The van der Waals surface area contributed by atoms with E-state index in [0.717, 1.165) is 0 Å². The van der Waals surface area contributed by atoms with Gasteiger partial charge in [-0.1, -0.05) is 18.2 Å². The Morgan fingerprint density at radius 1 is 0.824 bits per heavy atom. The molecule has 0 unspecified atom stereocenters. The van der Waals surface area contributed by atoms with Gasteiger partial charge in [0.25, 0.3) is 0 Å². The summed E-state index contributed by atoms with van der Waals surface area (Å²) in [5, 5.41) is 8.63. The predicted molar refractivity (Wildman–Crippen MR) is 70.5 cm³/mol. The molecule has 100 valence electrons. The van der Waals surface area contributed by atoms with Gasteiger partial charge >= 0.3 is 0 Å². The molecule has 1 N–H and O–H groups in total. The number of rotatable bonds is 4. The highest BCUT2D eigenvalue weighted by molar-refractivity contribution is 5.18. The Labute approximate surface area is 112 Å². The molecule has 0 amide bonds. The van der Waals surface area contributed by atoms with Crippen LogP contribution in [0.4, 0.5) is 0 Å². The second-order valence-electron chi connectivity index (χ2n) is 3.94. The largest absolute Gasteiger partial charge is 1.00 e.